The normalized spacial score (nSPS) is 15.4. The number of anilines is 1. The number of amides is 1. The Morgan fingerprint density at radius 1 is 0.974 bits per heavy atom. The Morgan fingerprint density at radius 3 is 2.39 bits per heavy atom. The van der Waals surface area contributed by atoms with Crippen LogP contribution in [-0.4, -0.2) is 48.0 Å². The number of likely N-dealkylation sites (tertiary alicyclic amines) is 1. The lowest BCUT2D eigenvalue weighted by Gasteiger charge is -2.38. The van der Waals surface area contributed by atoms with E-state index in [1.165, 1.54) is 48.7 Å². The highest BCUT2D eigenvalue weighted by Gasteiger charge is 2.35. The first-order valence-corrected chi connectivity index (χ1v) is 13.5. The summed E-state index contributed by atoms with van der Waals surface area (Å²) in [5.74, 6) is -2.19. The number of hydrogen-bond acceptors (Lipinski definition) is 5. The fraction of sp³-hybridized carbons (Fsp3) is 0.214. The topological polar surface area (TPSA) is 99.6 Å². The number of aliphatic hydroxyl groups is 1. The number of halogens is 2. The van der Waals surface area contributed by atoms with Gasteiger partial charge in [-0.3, -0.25) is 14.5 Å². The smallest absolute Gasteiger partial charge is 0.264 e. The fourth-order valence-electron chi connectivity index (χ4n) is 4.71. The zero-order valence-electron chi connectivity index (χ0n) is 20.3. The van der Waals surface area contributed by atoms with Crippen molar-refractivity contribution in [2.75, 3.05) is 17.8 Å². The molecule has 196 valence electrons. The number of fused-ring (bicyclic) bond motifs is 1. The van der Waals surface area contributed by atoms with Gasteiger partial charge in [-0.15, -0.1) is 0 Å². The monoisotopic (exact) mass is 537 g/mol. The van der Waals surface area contributed by atoms with Crippen molar-refractivity contribution in [2.24, 2.45) is 0 Å². The second-order valence-electron chi connectivity index (χ2n) is 9.42. The quantitative estimate of drug-likeness (QED) is 0.377. The van der Waals surface area contributed by atoms with E-state index in [1.54, 1.807) is 29.2 Å². The minimum Gasteiger partial charge on any atom is -0.389 e. The molecule has 1 amide bonds. The molecular formula is C28H25F2N3O4S. The highest BCUT2D eigenvalue weighted by Crippen LogP contribution is 2.29. The van der Waals surface area contributed by atoms with E-state index < -0.39 is 27.3 Å². The maximum Gasteiger partial charge on any atom is 0.264 e. The van der Waals surface area contributed by atoms with Crippen LogP contribution in [0.5, 0.6) is 0 Å². The van der Waals surface area contributed by atoms with Crippen LogP contribution < -0.4 is 4.72 Å². The highest BCUT2D eigenvalue weighted by atomic mass is 32.2. The second kappa shape index (κ2) is 10.1. The lowest BCUT2D eigenvalue weighted by atomic mass is 9.85. The number of carbonyl (C=O) groups is 1. The number of aromatic nitrogens is 1. The number of nitrogens with one attached hydrogen (secondary N) is 1. The molecule has 0 unspecified atom stereocenters. The summed E-state index contributed by atoms with van der Waals surface area (Å²) >= 11 is 0. The Morgan fingerprint density at radius 2 is 1.66 bits per heavy atom. The van der Waals surface area contributed by atoms with Gasteiger partial charge in [0.1, 0.15) is 4.90 Å². The molecule has 3 aromatic carbocycles. The molecule has 10 heteroatoms. The Kier molecular flexibility index (Phi) is 6.85. The van der Waals surface area contributed by atoms with Crippen LogP contribution in [0.2, 0.25) is 0 Å². The van der Waals surface area contributed by atoms with Crippen LogP contribution in [0.25, 0.3) is 10.9 Å². The Balaban J connectivity index is 1.24. The van der Waals surface area contributed by atoms with Gasteiger partial charge in [0.2, 0.25) is 0 Å². The third kappa shape index (κ3) is 5.23. The molecule has 1 aliphatic rings. The summed E-state index contributed by atoms with van der Waals surface area (Å²) in [5.41, 5.74) is -0.130. The number of piperidine rings is 1. The lowest BCUT2D eigenvalue weighted by Crippen LogP contribution is -2.47. The molecule has 0 spiro atoms. The third-order valence-corrected chi connectivity index (χ3v) is 8.21. The first-order valence-electron chi connectivity index (χ1n) is 12.1. The first-order chi connectivity index (χ1) is 18.2. The van der Waals surface area contributed by atoms with E-state index in [4.69, 9.17) is 0 Å². The van der Waals surface area contributed by atoms with Gasteiger partial charge in [-0.25, -0.2) is 17.2 Å². The van der Waals surface area contributed by atoms with Crippen LogP contribution >= 0.6 is 0 Å². The van der Waals surface area contributed by atoms with Gasteiger partial charge in [0.25, 0.3) is 15.9 Å². The molecule has 2 N–H and O–H groups in total. The van der Waals surface area contributed by atoms with Crippen molar-refractivity contribution < 1.29 is 27.1 Å². The lowest BCUT2D eigenvalue weighted by molar-refractivity contribution is -0.0168. The van der Waals surface area contributed by atoms with Crippen LogP contribution in [0, 0.1) is 11.6 Å². The van der Waals surface area contributed by atoms with Crippen LogP contribution in [0.15, 0.2) is 83.9 Å². The maximum absolute atomic E-state index is 14.1. The van der Waals surface area contributed by atoms with Crippen LogP contribution in [0.3, 0.4) is 0 Å². The van der Waals surface area contributed by atoms with Gasteiger partial charge in [0.15, 0.2) is 11.6 Å². The van der Waals surface area contributed by atoms with E-state index in [0.29, 0.717) is 22.2 Å². The number of hydrogen-bond donors (Lipinski definition) is 2. The second-order valence-corrected chi connectivity index (χ2v) is 11.1. The summed E-state index contributed by atoms with van der Waals surface area (Å²) < 4.78 is 56.2. The predicted molar refractivity (Wildman–Crippen MR) is 139 cm³/mol. The number of sulfonamides is 1. The van der Waals surface area contributed by atoms with Gasteiger partial charge in [-0.1, -0.05) is 30.3 Å². The average Bonchev–Trinajstić information content (AvgIpc) is 2.91. The molecule has 0 saturated carbocycles. The van der Waals surface area contributed by atoms with Crippen molar-refractivity contribution in [1.29, 1.82) is 0 Å². The first kappa shape index (κ1) is 25.7. The molecule has 1 aromatic heterocycles. The van der Waals surface area contributed by atoms with E-state index in [9.17, 15) is 27.1 Å². The molecule has 4 aromatic rings. The van der Waals surface area contributed by atoms with E-state index in [1.807, 2.05) is 0 Å². The molecule has 7 nitrogen and oxygen atoms in total. The van der Waals surface area contributed by atoms with E-state index in [0.717, 1.165) is 6.07 Å². The van der Waals surface area contributed by atoms with Gasteiger partial charge in [0.05, 0.1) is 11.1 Å². The van der Waals surface area contributed by atoms with E-state index >= 15 is 0 Å². The number of para-hydroxylation sites is 1. The van der Waals surface area contributed by atoms with Crippen molar-refractivity contribution in [2.45, 2.75) is 29.8 Å². The maximum atomic E-state index is 14.1. The molecule has 0 radical (unpaired) electrons. The average molecular weight is 538 g/mol. The molecule has 0 bridgehead atoms. The van der Waals surface area contributed by atoms with Crippen molar-refractivity contribution in [3.63, 3.8) is 0 Å². The zero-order chi connectivity index (χ0) is 26.9. The van der Waals surface area contributed by atoms with Crippen molar-refractivity contribution >= 4 is 32.5 Å². The van der Waals surface area contributed by atoms with E-state index in [2.05, 4.69) is 9.71 Å². The molecule has 2 heterocycles. The number of pyridine rings is 1. The summed E-state index contributed by atoms with van der Waals surface area (Å²) in [6.07, 6.45) is 1.92. The SMILES string of the molecule is O=C(c1ccc(NS(=O)(=O)c2cccc3cccnc23)cc1)N1CCC(O)(Cc2cccc(F)c2F)CC1. The summed E-state index contributed by atoms with van der Waals surface area (Å²) in [6.45, 7) is 0.490. The standard InChI is InChI=1S/C28H25F2N3O4S/c29-23-7-1-5-21(25(23)30)18-28(35)13-16-33(17-14-28)27(34)20-9-11-22(12-10-20)32-38(36,37)24-8-2-4-19-6-3-15-31-26(19)24/h1-12,15,32,35H,13-14,16-18H2. The Labute approximate surface area is 218 Å². The minimum absolute atomic E-state index is 0.0420. The number of carbonyl (C=O) groups excluding carboxylic acids is 1. The van der Waals surface area contributed by atoms with Gasteiger partial charge >= 0.3 is 0 Å². The largest absolute Gasteiger partial charge is 0.389 e. The summed E-state index contributed by atoms with van der Waals surface area (Å²) in [4.78, 5) is 18.8. The van der Waals surface area contributed by atoms with Gasteiger partial charge in [-0.2, -0.15) is 0 Å². The van der Waals surface area contributed by atoms with Gasteiger partial charge in [0, 0.05) is 42.3 Å². The van der Waals surface area contributed by atoms with Crippen LogP contribution in [0.4, 0.5) is 14.5 Å². The molecule has 38 heavy (non-hydrogen) atoms. The van der Waals surface area contributed by atoms with Crippen LogP contribution in [0.1, 0.15) is 28.8 Å². The molecule has 0 atom stereocenters. The summed E-state index contributed by atoms with van der Waals surface area (Å²) in [7, 11) is -3.92. The number of rotatable bonds is 6. The number of benzene rings is 3. The van der Waals surface area contributed by atoms with Crippen molar-refractivity contribution in [3.05, 3.63) is 102 Å². The van der Waals surface area contributed by atoms with E-state index in [-0.39, 0.29) is 48.7 Å². The summed E-state index contributed by atoms with van der Waals surface area (Å²) in [5, 5.41) is 11.6. The molecule has 1 fully saturated rings. The molecular weight excluding hydrogens is 512 g/mol. The van der Waals surface area contributed by atoms with Crippen LogP contribution in [-0.2, 0) is 16.4 Å². The Hall–Kier alpha value is -3.89. The predicted octanol–water partition coefficient (Wildman–Crippen LogP) is 4.52. The zero-order valence-corrected chi connectivity index (χ0v) is 21.1. The number of nitrogens with zero attached hydrogens (tertiary/aromatic N) is 2. The molecule has 1 aliphatic heterocycles. The highest BCUT2D eigenvalue weighted by molar-refractivity contribution is 7.93. The molecule has 0 aliphatic carbocycles. The van der Waals surface area contributed by atoms with Crippen molar-refractivity contribution in [3.8, 4) is 0 Å². The molecule has 1 saturated heterocycles. The molecule has 5 rings (SSSR count). The van der Waals surface area contributed by atoms with Crippen molar-refractivity contribution in [1.82, 2.24) is 9.88 Å². The van der Waals surface area contributed by atoms with Gasteiger partial charge < -0.3 is 10.0 Å². The Bertz CT molecular complexity index is 1600. The summed E-state index contributed by atoms with van der Waals surface area (Å²) in [6, 6.07) is 18.4. The fourth-order valence-corrected chi connectivity index (χ4v) is 5.95. The minimum atomic E-state index is -3.92. The van der Waals surface area contributed by atoms with Gasteiger partial charge in [-0.05, 0) is 60.9 Å². The third-order valence-electron chi connectivity index (χ3n) is 6.80.